The van der Waals surface area contributed by atoms with Crippen molar-refractivity contribution < 1.29 is 41.9 Å². The number of rotatable bonds is 16. The fraction of sp³-hybridized carbons (Fsp3) is 0.412. The Morgan fingerprint density at radius 1 is 0.899 bits per heavy atom. The molecular weight excluding hydrogens is 892 g/mol. The van der Waals surface area contributed by atoms with Gasteiger partial charge >= 0.3 is 0 Å². The first-order valence-corrected chi connectivity index (χ1v) is 23.3. The maximum Gasteiger partial charge on any atom is 0.252 e. The molecule has 0 radical (unpaired) electrons. The smallest absolute Gasteiger partial charge is 0.252 e. The van der Waals surface area contributed by atoms with E-state index in [9.17, 15) is 41.9 Å². The van der Waals surface area contributed by atoms with Crippen LogP contribution in [0.2, 0.25) is 0 Å². The second-order valence-corrected chi connectivity index (χ2v) is 18.5. The van der Waals surface area contributed by atoms with Crippen LogP contribution in [0.3, 0.4) is 0 Å². The van der Waals surface area contributed by atoms with E-state index in [1.54, 1.807) is 57.0 Å². The van der Waals surface area contributed by atoms with Crippen molar-refractivity contribution in [3.05, 3.63) is 124 Å². The van der Waals surface area contributed by atoms with Crippen LogP contribution < -0.4 is 36.8 Å². The molecule has 1 saturated heterocycles. The first kappa shape index (κ1) is 50.3. The Balaban J connectivity index is 1.10. The third kappa shape index (κ3) is 11.1. The molecule has 69 heavy (non-hydrogen) atoms. The van der Waals surface area contributed by atoms with Crippen molar-refractivity contribution in [2.24, 2.45) is 5.92 Å². The van der Waals surface area contributed by atoms with Crippen LogP contribution in [-0.4, -0.2) is 110 Å². The van der Waals surface area contributed by atoms with Gasteiger partial charge in [0, 0.05) is 50.1 Å². The summed E-state index contributed by atoms with van der Waals surface area (Å²) in [7, 11) is 1.60. The maximum absolute atomic E-state index is 14.9. The predicted octanol–water partition coefficient (Wildman–Crippen LogP) is 4.51. The number of para-hydroxylation sites is 1. The van der Waals surface area contributed by atoms with Crippen molar-refractivity contribution in [3.8, 4) is 0 Å². The molecule has 0 unspecified atom stereocenters. The lowest BCUT2D eigenvalue weighted by molar-refractivity contribution is -0.143. The summed E-state index contributed by atoms with van der Waals surface area (Å²) in [6.07, 6.45) is 0.959. The van der Waals surface area contributed by atoms with Crippen LogP contribution in [0.4, 0.5) is 30.2 Å². The normalized spacial score (nSPS) is 20.0. The van der Waals surface area contributed by atoms with E-state index in [2.05, 4.69) is 43.7 Å². The fourth-order valence-electron chi connectivity index (χ4n) is 9.19. The van der Waals surface area contributed by atoms with Crippen LogP contribution in [0, 0.1) is 23.4 Å². The van der Waals surface area contributed by atoms with Gasteiger partial charge in [0.15, 0.2) is 0 Å². The number of nitrogens with one attached hydrogen (secondary N) is 6. The zero-order valence-corrected chi connectivity index (χ0v) is 39.7. The van der Waals surface area contributed by atoms with Crippen molar-refractivity contribution in [1.82, 2.24) is 31.1 Å². The number of halogens is 3. The average Bonchev–Trinajstić information content (AvgIpc) is 3.86. The molecule has 0 aromatic heterocycles. The van der Waals surface area contributed by atoms with Gasteiger partial charge in [0.05, 0.1) is 24.5 Å². The first-order chi connectivity index (χ1) is 32.9. The van der Waals surface area contributed by atoms with E-state index < -0.39 is 76.9 Å². The van der Waals surface area contributed by atoms with Crippen LogP contribution in [0.25, 0.3) is 0 Å². The number of carbonyl (C=O) groups is 6. The molecule has 0 aliphatic carbocycles. The van der Waals surface area contributed by atoms with Gasteiger partial charge in [-0.3, -0.25) is 33.7 Å². The minimum atomic E-state index is -1.44. The summed E-state index contributed by atoms with van der Waals surface area (Å²) < 4.78 is 43.4. The second kappa shape index (κ2) is 21.3. The van der Waals surface area contributed by atoms with E-state index in [1.165, 1.54) is 23.1 Å². The van der Waals surface area contributed by atoms with E-state index in [-0.39, 0.29) is 54.6 Å². The van der Waals surface area contributed by atoms with Gasteiger partial charge in [0.25, 0.3) is 5.91 Å². The number of benzene rings is 4. The minimum Gasteiger partial charge on any atom is -0.346 e. The molecule has 18 heteroatoms. The second-order valence-electron chi connectivity index (χ2n) is 18.5. The molecule has 4 aromatic rings. The Morgan fingerprint density at radius 3 is 2.29 bits per heavy atom. The molecule has 6 N–H and O–H groups in total. The number of nitrogens with zero attached hydrogens (tertiary/aromatic N) is 3. The number of anilines is 3. The molecule has 7 rings (SSSR count). The largest absolute Gasteiger partial charge is 0.346 e. The highest BCUT2D eigenvalue weighted by molar-refractivity contribution is 6.05. The summed E-state index contributed by atoms with van der Waals surface area (Å²) in [5.41, 5.74) is 1.95. The summed E-state index contributed by atoms with van der Waals surface area (Å²) in [5.74, 6) is -6.04. The van der Waals surface area contributed by atoms with Gasteiger partial charge in [0.1, 0.15) is 35.2 Å². The molecule has 4 aromatic carbocycles. The van der Waals surface area contributed by atoms with E-state index in [0.717, 1.165) is 35.9 Å². The Morgan fingerprint density at radius 2 is 1.61 bits per heavy atom. The molecule has 6 atom stereocenters. The zero-order valence-electron chi connectivity index (χ0n) is 39.7. The van der Waals surface area contributed by atoms with Gasteiger partial charge in [-0.1, -0.05) is 56.7 Å². The van der Waals surface area contributed by atoms with E-state index in [4.69, 9.17) is 0 Å². The summed E-state index contributed by atoms with van der Waals surface area (Å²) in [4.78, 5) is 88.6. The topological polar surface area (TPSA) is 184 Å². The van der Waals surface area contributed by atoms with E-state index >= 15 is 0 Å². The lowest BCUT2D eigenvalue weighted by Gasteiger charge is -2.32. The lowest BCUT2D eigenvalue weighted by Crippen LogP contribution is -2.55. The quantitative estimate of drug-likeness (QED) is 0.0942. The summed E-state index contributed by atoms with van der Waals surface area (Å²) in [6, 6.07) is 16.6. The number of hydrogen-bond donors (Lipinski definition) is 6. The average molecular weight is 952 g/mol. The molecular formula is C51H60F3N9O6. The van der Waals surface area contributed by atoms with Crippen LogP contribution in [-0.2, 0) is 47.1 Å². The Hall–Kier alpha value is -6.63. The molecule has 366 valence electrons. The molecule has 0 bridgehead atoms. The lowest BCUT2D eigenvalue weighted by atomic mass is 9.83. The van der Waals surface area contributed by atoms with Gasteiger partial charge in [-0.2, -0.15) is 0 Å². The fourth-order valence-corrected chi connectivity index (χ4v) is 9.19. The van der Waals surface area contributed by atoms with Gasteiger partial charge in [0.2, 0.25) is 29.5 Å². The van der Waals surface area contributed by atoms with Crippen molar-refractivity contribution in [2.75, 3.05) is 61.8 Å². The van der Waals surface area contributed by atoms with Crippen molar-refractivity contribution in [2.45, 2.75) is 83.6 Å². The highest BCUT2D eigenvalue weighted by Gasteiger charge is 2.47. The highest BCUT2D eigenvalue weighted by Crippen LogP contribution is 2.42. The van der Waals surface area contributed by atoms with E-state index in [0.29, 0.717) is 42.7 Å². The number of carbonyl (C=O) groups excluding carboxylic acids is 6. The molecule has 1 fully saturated rings. The third-order valence-corrected chi connectivity index (χ3v) is 13.5. The number of likely N-dealkylation sites (N-methyl/N-ethyl adjacent to an activating group) is 1. The van der Waals surface area contributed by atoms with Crippen LogP contribution in [0.15, 0.2) is 78.9 Å². The molecule has 3 aliphatic rings. The van der Waals surface area contributed by atoms with Crippen LogP contribution >= 0.6 is 0 Å². The van der Waals surface area contributed by atoms with Crippen LogP contribution in [0.5, 0.6) is 0 Å². The number of amides is 6. The SMILES string of the molecule is CC[C@H](C)[C@H](NC(=O)[C@H](C)NC)C(=O)N1Cc2ccc(NC(=O)CNC(=O)[C@]3(C)CN(C(=O)CN4CCN[C@H](C)C4)c4cc(Cc5ccc(F)cc5)ccc43)cc2[C@H]1C(=O)Nc1c(F)cccc1F. The van der Waals surface area contributed by atoms with Gasteiger partial charge in [-0.25, -0.2) is 13.2 Å². The summed E-state index contributed by atoms with van der Waals surface area (Å²) in [5, 5.41) is 16.9. The zero-order chi connectivity index (χ0) is 49.7. The standard InChI is InChI=1S/C51H60F3N9O6/c1-7-29(2)44(59-47(66)31(4)55-6)49(68)62-26-34-14-17-36(23-37(34)46(62)48(67)60-45-39(53)9-8-10-40(45)54)58-42(64)24-57-50(69)51(5)28-63(43(65)27-61-20-19-56-30(3)25-61)41-22-33(13-18-38(41)51)21-32-11-15-35(52)16-12-32/h8-18,22-23,29-31,44,46,55-56H,7,19-21,24-28H2,1-6H3,(H,57,69)(H,58,64)(H,59,66)(H,60,67)/t29-,30+,31-,44-,46-,51+/m0/s1. The monoisotopic (exact) mass is 951 g/mol. The summed E-state index contributed by atoms with van der Waals surface area (Å²) in [6.45, 7) is 10.8. The van der Waals surface area contributed by atoms with Gasteiger partial charge < -0.3 is 41.7 Å². The highest BCUT2D eigenvalue weighted by atomic mass is 19.1. The number of hydrogen-bond acceptors (Lipinski definition) is 9. The van der Waals surface area contributed by atoms with Crippen molar-refractivity contribution >= 4 is 52.5 Å². The Bertz CT molecular complexity index is 2600. The molecule has 3 aliphatic heterocycles. The van der Waals surface area contributed by atoms with Gasteiger partial charge in [-0.15, -0.1) is 0 Å². The Kier molecular flexibility index (Phi) is 15.5. The minimum absolute atomic E-state index is 0.0205. The molecule has 0 spiro atoms. The molecule has 3 heterocycles. The molecule has 0 saturated carbocycles. The first-order valence-electron chi connectivity index (χ1n) is 23.3. The van der Waals surface area contributed by atoms with Crippen molar-refractivity contribution in [1.29, 1.82) is 0 Å². The number of piperazine rings is 1. The number of fused-ring (bicyclic) bond motifs is 2. The molecule has 15 nitrogen and oxygen atoms in total. The van der Waals surface area contributed by atoms with Gasteiger partial charge in [-0.05, 0) is 110 Å². The summed E-state index contributed by atoms with van der Waals surface area (Å²) >= 11 is 0. The third-order valence-electron chi connectivity index (χ3n) is 13.5. The molecule has 6 amide bonds. The van der Waals surface area contributed by atoms with E-state index in [1.807, 2.05) is 25.1 Å². The van der Waals surface area contributed by atoms with Crippen molar-refractivity contribution in [3.63, 3.8) is 0 Å². The predicted molar refractivity (Wildman–Crippen MR) is 256 cm³/mol. The Labute approximate surface area is 399 Å². The van der Waals surface area contributed by atoms with Crippen LogP contribution in [0.1, 0.15) is 74.9 Å². The maximum atomic E-state index is 14.9.